The number of nitrogens with one attached hydrogen (secondary N) is 2. The van der Waals surface area contributed by atoms with Crippen LogP contribution < -0.4 is 10.6 Å². The molecule has 0 spiro atoms. The van der Waals surface area contributed by atoms with Gasteiger partial charge in [-0.05, 0) is 35.7 Å². The van der Waals surface area contributed by atoms with Crippen molar-refractivity contribution in [3.8, 4) is 11.1 Å². The zero-order valence-electron chi connectivity index (χ0n) is 17.2. The van der Waals surface area contributed by atoms with Crippen molar-refractivity contribution in [2.45, 2.75) is 26.7 Å². The molecule has 2 N–H and O–H groups in total. The van der Waals surface area contributed by atoms with Crippen LogP contribution in [0.3, 0.4) is 0 Å². The molecule has 0 aliphatic heterocycles. The van der Waals surface area contributed by atoms with Crippen molar-refractivity contribution in [2.75, 3.05) is 10.6 Å². The number of carbonyl (C=O) groups is 1. The van der Waals surface area contributed by atoms with Gasteiger partial charge < -0.3 is 10.6 Å². The Hall–Kier alpha value is -3.88. The number of pyridine rings is 2. The van der Waals surface area contributed by atoms with E-state index in [2.05, 4.69) is 49.7 Å². The second-order valence-electron chi connectivity index (χ2n) is 7.36. The van der Waals surface area contributed by atoms with Gasteiger partial charge in [-0.2, -0.15) is 10.2 Å². The smallest absolute Gasteiger partial charge is 0.222 e. The van der Waals surface area contributed by atoms with Crippen molar-refractivity contribution < 1.29 is 4.79 Å². The van der Waals surface area contributed by atoms with Crippen molar-refractivity contribution in [1.82, 2.24) is 29.9 Å². The van der Waals surface area contributed by atoms with E-state index in [1.54, 1.807) is 24.1 Å². The van der Waals surface area contributed by atoms with Crippen LogP contribution in [-0.4, -0.2) is 35.9 Å². The Morgan fingerprint density at radius 1 is 1.10 bits per heavy atom. The number of hydrogen-bond donors (Lipinski definition) is 2. The average Bonchev–Trinajstić information content (AvgIpc) is 3.07. The Kier molecular flexibility index (Phi) is 5.09. The predicted octanol–water partition coefficient (Wildman–Crippen LogP) is 3.65. The highest BCUT2D eigenvalue weighted by Gasteiger charge is 2.13. The lowest BCUT2D eigenvalue weighted by molar-refractivity contribution is -0.114. The van der Waals surface area contributed by atoms with Crippen LogP contribution in [0.2, 0.25) is 0 Å². The van der Waals surface area contributed by atoms with Gasteiger partial charge in [0.15, 0.2) is 11.6 Å². The molecule has 152 valence electrons. The molecule has 4 rings (SSSR count). The van der Waals surface area contributed by atoms with E-state index < -0.39 is 0 Å². The summed E-state index contributed by atoms with van der Waals surface area (Å²) in [5.41, 5.74) is 4.15. The molecule has 4 aromatic heterocycles. The van der Waals surface area contributed by atoms with Crippen molar-refractivity contribution in [2.24, 2.45) is 7.05 Å². The van der Waals surface area contributed by atoms with Gasteiger partial charge in [0.1, 0.15) is 5.82 Å². The third-order valence-corrected chi connectivity index (χ3v) is 4.57. The molecular weight excluding hydrogens is 380 g/mol. The quantitative estimate of drug-likeness (QED) is 0.524. The molecule has 0 unspecified atom stereocenters. The Labute approximate surface area is 173 Å². The number of hydrogen-bond acceptors (Lipinski definition) is 7. The van der Waals surface area contributed by atoms with Crippen LogP contribution in [0.4, 0.5) is 17.5 Å². The van der Waals surface area contributed by atoms with E-state index in [4.69, 9.17) is 0 Å². The monoisotopic (exact) mass is 402 g/mol. The number of anilines is 3. The lowest BCUT2D eigenvalue weighted by Gasteiger charge is -2.09. The van der Waals surface area contributed by atoms with E-state index in [0.717, 1.165) is 22.2 Å². The van der Waals surface area contributed by atoms with Crippen molar-refractivity contribution in [1.29, 1.82) is 0 Å². The third kappa shape index (κ3) is 4.09. The fraction of sp³-hybridized carbons (Fsp3) is 0.238. The van der Waals surface area contributed by atoms with Gasteiger partial charge in [0.2, 0.25) is 5.91 Å². The normalized spacial score (nSPS) is 11.1. The zero-order valence-corrected chi connectivity index (χ0v) is 17.2. The molecule has 4 aromatic rings. The maximum absolute atomic E-state index is 11.5. The van der Waals surface area contributed by atoms with Gasteiger partial charge in [-0.1, -0.05) is 13.8 Å². The predicted molar refractivity (Wildman–Crippen MR) is 115 cm³/mol. The maximum atomic E-state index is 11.5. The number of rotatable bonds is 5. The van der Waals surface area contributed by atoms with E-state index >= 15 is 0 Å². The van der Waals surface area contributed by atoms with Crippen molar-refractivity contribution in [3.05, 3.63) is 48.4 Å². The summed E-state index contributed by atoms with van der Waals surface area (Å²) >= 11 is 0. The van der Waals surface area contributed by atoms with Gasteiger partial charge in [0.05, 0.1) is 17.2 Å². The molecule has 0 atom stereocenters. The lowest BCUT2D eigenvalue weighted by atomic mass is 10.1. The SMILES string of the molecule is CC(=O)Nc1nn(C)cc1-c1cnc2ccc(Nc3cc(C(C)C)cnn3)nc2c1. The highest BCUT2D eigenvalue weighted by molar-refractivity contribution is 5.93. The number of fused-ring (bicyclic) bond motifs is 1. The van der Waals surface area contributed by atoms with Crippen LogP contribution in [0.25, 0.3) is 22.2 Å². The van der Waals surface area contributed by atoms with Gasteiger partial charge in [-0.3, -0.25) is 14.5 Å². The minimum absolute atomic E-state index is 0.182. The van der Waals surface area contributed by atoms with E-state index in [9.17, 15) is 4.79 Å². The van der Waals surface area contributed by atoms with Crippen LogP contribution in [0.15, 0.2) is 42.9 Å². The first-order valence-electron chi connectivity index (χ1n) is 9.57. The zero-order chi connectivity index (χ0) is 21.3. The summed E-state index contributed by atoms with van der Waals surface area (Å²) in [4.78, 5) is 20.7. The summed E-state index contributed by atoms with van der Waals surface area (Å²) in [6, 6.07) is 7.64. The fourth-order valence-corrected chi connectivity index (χ4v) is 3.07. The standard InChI is InChI=1S/C21H22N8O/c1-12(2)14-8-20(27-23-10-14)26-19-6-5-17-18(25-19)7-15(9-22-17)16-11-29(4)28-21(16)24-13(3)30/h5-12H,1-4H3,(H,24,28,30)(H,25,26,27). The van der Waals surface area contributed by atoms with Gasteiger partial charge >= 0.3 is 0 Å². The van der Waals surface area contributed by atoms with Crippen LogP contribution >= 0.6 is 0 Å². The molecule has 0 fully saturated rings. The summed E-state index contributed by atoms with van der Waals surface area (Å²) < 4.78 is 1.65. The molecule has 0 aliphatic carbocycles. The van der Waals surface area contributed by atoms with E-state index in [-0.39, 0.29) is 5.91 Å². The number of aryl methyl sites for hydroxylation is 1. The highest BCUT2D eigenvalue weighted by atomic mass is 16.1. The van der Waals surface area contributed by atoms with E-state index in [0.29, 0.717) is 28.9 Å². The summed E-state index contributed by atoms with van der Waals surface area (Å²) in [6.07, 6.45) is 5.35. The number of aromatic nitrogens is 6. The minimum Gasteiger partial charge on any atom is -0.323 e. The first-order valence-corrected chi connectivity index (χ1v) is 9.57. The van der Waals surface area contributed by atoms with E-state index in [1.165, 1.54) is 6.92 Å². The van der Waals surface area contributed by atoms with Crippen LogP contribution in [-0.2, 0) is 11.8 Å². The van der Waals surface area contributed by atoms with Crippen LogP contribution in [0, 0.1) is 0 Å². The largest absolute Gasteiger partial charge is 0.323 e. The average molecular weight is 402 g/mol. The van der Waals surface area contributed by atoms with Crippen molar-refractivity contribution in [3.63, 3.8) is 0 Å². The van der Waals surface area contributed by atoms with Gasteiger partial charge in [0.25, 0.3) is 0 Å². The van der Waals surface area contributed by atoms with Crippen LogP contribution in [0.1, 0.15) is 32.3 Å². The third-order valence-electron chi connectivity index (χ3n) is 4.57. The molecule has 9 heteroatoms. The van der Waals surface area contributed by atoms with E-state index in [1.807, 2.05) is 30.5 Å². The summed E-state index contributed by atoms with van der Waals surface area (Å²) in [7, 11) is 1.80. The minimum atomic E-state index is -0.182. The first-order chi connectivity index (χ1) is 14.4. The van der Waals surface area contributed by atoms with Crippen molar-refractivity contribution >= 4 is 34.4 Å². The maximum Gasteiger partial charge on any atom is 0.222 e. The Morgan fingerprint density at radius 2 is 1.93 bits per heavy atom. The number of nitrogens with zero attached hydrogens (tertiary/aromatic N) is 6. The summed E-state index contributed by atoms with van der Waals surface area (Å²) in [5.74, 6) is 1.94. The molecule has 0 aromatic carbocycles. The molecule has 0 aliphatic rings. The highest BCUT2D eigenvalue weighted by Crippen LogP contribution is 2.28. The summed E-state index contributed by atoms with van der Waals surface area (Å²) in [6.45, 7) is 5.67. The van der Waals surface area contributed by atoms with Gasteiger partial charge in [0, 0.05) is 37.5 Å². The molecule has 0 radical (unpaired) electrons. The topological polar surface area (TPSA) is 111 Å². The molecule has 4 heterocycles. The first kappa shape index (κ1) is 19.4. The van der Waals surface area contributed by atoms with Gasteiger partial charge in [-0.25, -0.2) is 4.98 Å². The summed E-state index contributed by atoms with van der Waals surface area (Å²) in [5, 5.41) is 18.5. The molecule has 30 heavy (non-hydrogen) atoms. The molecule has 0 saturated carbocycles. The molecular formula is C21H22N8O. The Morgan fingerprint density at radius 3 is 2.70 bits per heavy atom. The molecule has 9 nitrogen and oxygen atoms in total. The second-order valence-corrected chi connectivity index (χ2v) is 7.36. The lowest BCUT2D eigenvalue weighted by Crippen LogP contribution is -2.07. The Balaban J connectivity index is 1.68. The van der Waals surface area contributed by atoms with Crippen LogP contribution in [0.5, 0.6) is 0 Å². The second kappa shape index (κ2) is 7.86. The molecule has 1 amide bonds. The Bertz CT molecular complexity index is 1230. The van der Waals surface area contributed by atoms with Gasteiger partial charge in [-0.15, -0.1) is 5.10 Å². The number of amides is 1. The molecule has 0 saturated heterocycles. The fourth-order valence-electron chi connectivity index (χ4n) is 3.07. The molecule has 0 bridgehead atoms. The number of carbonyl (C=O) groups excluding carboxylic acids is 1.